The van der Waals surface area contributed by atoms with Gasteiger partial charge in [0, 0.05) is 17.7 Å². The molecule has 24 heavy (non-hydrogen) atoms. The Morgan fingerprint density at radius 3 is 2.12 bits per heavy atom. The first-order valence-electron chi connectivity index (χ1n) is 8.25. The van der Waals surface area contributed by atoms with E-state index in [9.17, 15) is 14.4 Å². The van der Waals surface area contributed by atoms with Gasteiger partial charge in [-0.25, -0.2) is 0 Å². The van der Waals surface area contributed by atoms with E-state index in [1.807, 2.05) is 30.3 Å². The third-order valence-corrected chi connectivity index (χ3v) is 5.13. The van der Waals surface area contributed by atoms with E-state index in [-0.39, 0.29) is 16.9 Å². The molecule has 0 saturated heterocycles. The monoisotopic (exact) mass is 350 g/mol. The quantitative estimate of drug-likeness (QED) is 0.271. The zero-order valence-corrected chi connectivity index (χ0v) is 15.5. The summed E-state index contributed by atoms with van der Waals surface area (Å²) in [5.74, 6) is -0.223. The first kappa shape index (κ1) is 20.4. The van der Waals surface area contributed by atoms with Crippen LogP contribution in [0.3, 0.4) is 0 Å². The van der Waals surface area contributed by atoms with Crippen LogP contribution in [0.5, 0.6) is 0 Å². The van der Waals surface area contributed by atoms with Gasteiger partial charge in [0.05, 0.1) is 12.5 Å². The van der Waals surface area contributed by atoms with E-state index in [2.05, 4.69) is 4.74 Å². The Balaban J connectivity index is 2.34. The van der Waals surface area contributed by atoms with Gasteiger partial charge >= 0.3 is 5.97 Å². The van der Waals surface area contributed by atoms with E-state index in [0.29, 0.717) is 12.8 Å². The number of carbonyl (C=O) groups excluding carboxylic acids is 3. The number of ketones is 1. The molecule has 0 N–H and O–H groups in total. The van der Waals surface area contributed by atoms with Crippen LogP contribution < -0.4 is 0 Å². The number of hydrogen-bond donors (Lipinski definition) is 0. The normalized spacial score (nSPS) is 11.1. The van der Waals surface area contributed by atoms with Crippen LogP contribution in [0.2, 0.25) is 0 Å². The molecule has 1 aromatic rings. The minimum absolute atomic E-state index is 0.0242. The number of ether oxygens (including phenoxy) is 1. The number of esters is 1. The van der Waals surface area contributed by atoms with Gasteiger partial charge in [-0.05, 0) is 38.8 Å². The molecule has 1 aromatic carbocycles. The molecule has 1 rings (SSSR count). The maximum Gasteiger partial charge on any atom is 0.305 e. The van der Waals surface area contributed by atoms with Crippen molar-refractivity contribution in [1.29, 1.82) is 0 Å². The third-order valence-electron chi connectivity index (χ3n) is 3.92. The number of unbranched alkanes of at least 4 members (excludes halogenated alkanes) is 3. The molecule has 0 heterocycles. The number of carbonyl (C=O) groups is 3. The Morgan fingerprint density at radius 1 is 0.958 bits per heavy atom. The molecule has 0 aliphatic heterocycles. The molecule has 0 atom stereocenters. The molecular weight excluding hydrogens is 324 g/mol. The Kier molecular flexibility index (Phi) is 8.76. The van der Waals surface area contributed by atoms with Crippen LogP contribution in [-0.2, 0) is 19.1 Å². The number of rotatable bonds is 10. The van der Waals surface area contributed by atoms with Crippen molar-refractivity contribution in [3.05, 3.63) is 30.3 Å². The van der Waals surface area contributed by atoms with Crippen LogP contribution >= 0.6 is 11.8 Å². The van der Waals surface area contributed by atoms with Gasteiger partial charge in [0.2, 0.25) is 5.12 Å². The number of thioether (sulfide) groups is 1. The highest BCUT2D eigenvalue weighted by molar-refractivity contribution is 8.13. The number of hydrogen-bond acceptors (Lipinski definition) is 5. The molecule has 0 unspecified atom stereocenters. The predicted molar refractivity (Wildman–Crippen MR) is 95.8 cm³/mol. The fourth-order valence-electron chi connectivity index (χ4n) is 2.16. The van der Waals surface area contributed by atoms with Crippen LogP contribution in [0.25, 0.3) is 0 Å². The molecule has 132 valence electrons. The molecule has 0 aliphatic rings. The number of benzene rings is 1. The Hall–Kier alpha value is -1.62. The van der Waals surface area contributed by atoms with Crippen molar-refractivity contribution in [2.45, 2.75) is 57.3 Å². The molecule has 0 radical (unpaired) electrons. The smallest absolute Gasteiger partial charge is 0.305 e. The molecule has 0 aromatic heterocycles. The lowest BCUT2D eigenvalue weighted by molar-refractivity contribution is -0.141. The maximum atomic E-state index is 12.4. The SMILES string of the molecule is COC(=O)CCCCCCC(=O)C(C)(C)C(=O)Sc1ccccc1. The topological polar surface area (TPSA) is 60.4 Å². The largest absolute Gasteiger partial charge is 0.469 e. The molecule has 0 fully saturated rings. The molecule has 0 aliphatic carbocycles. The summed E-state index contributed by atoms with van der Waals surface area (Å²) < 4.78 is 4.58. The highest BCUT2D eigenvalue weighted by atomic mass is 32.2. The second-order valence-electron chi connectivity index (χ2n) is 6.24. The summed E-state index contributed by atoms with van der Waals surface area (Å²) >= 11 is 1.12. The highest BCUT2D eigenvalue weighted by Gasteiger charge is 2.35. The second-order valence-corrected chi connectivity index (χ2v) is 7.29. The summed E-state index contributed by atoms with van der Waals surface area (Å²) in [5.41, 5.74) is -0.980. The van der Waals surface area contributed by atoms with E-state index in [1.54, 1.807) is 13.8 Å². The maximum absolute atomic E-state index is 12.4. The third kappa shape index (κ3) is 6.87. The van der Waals surface area contributed by atoms with Crippen LogP contribution in [0.4, 0.5) is 0 Å². The lowest BCUT2D eigenvalue weighted by Crippen LogP contribution is -2.31. The van der Waals surface area contributed by atoms with Crippen molar-refractivity contribution in [2.75, 3.05) is 7.11 Å². The fraction of sp³-hybridized carbons (Fsp3) is 0.526. The molecule has 0 saturated carbocycles. The zero-order valence-electron chi connectivity index (χ0n) is 14.7. The lowest BCUT2D eigenvalue weighted by atomic mass is 9.86. The summed E-state index contributed by atoms with van der Waals surface area (Å²) in [5, 5.41) is -0.121. The average Bonchev–Trinajstić information content (AvgIpc) is 2.58. The van der Waals surface area contributed by atoms with E-state index < -0.39 is 5.41 Å². The van der Waals surface area contributed by atoms with E-state index in [4.69, 9.17) is 0 Å². The Bertz CT molecular complexity index is 552. The van der Waals surface area contributed by atoms with Crippen LogP contribution in [0, 0.1) is 5.41 Å². The van der Waals surface area contributed by atoms with Gasteiger partial charge in [0.1, 0.15) is 5.78 Å². The van der Waals surface area contributed by atoms with Crippen molar-refractivity contribution >= 4 is 28.6 Å². The minimum atomic E-state index is -0.980. The van der Waals surface area contributed by atoms with Crippen LogP contribution in [0.15, 0.2) is 35.2 Å². The summed E-state index contributed by atoms with van der Waals surface area (Å²) in [6.45, 7) is 3.40. The number of Topliss-reactive ketones (excluding diaryl/α,β-unsaturated/α-hetero) is 1. The van der Waals surface area contributed by atoms with Crippen molar-refractivity contribution in [3.8, 4) is 0 Å². The minimum Gasteiger partial charge on any atom is -0.469 e. The zero-order chi connectivity index (χ0) is 18.0. The van der Waals surface area contributed by atoms with Crippen LogP contribution in [0.1, 0.15) is 52.4 Å². The van der Waals surface area contributed by atoms with Gasteiger partial charge in [-0.1, -0.05) is 42.8 Å². The van der Waals surface area contributed by atoms with Crippen molar-refractivity contribution in [1.82, 2.24) is 0 Å². The van der Waals surface area contributed by atoms with E-state index >= 15 is 0 Å². The predicted octanol–water partition coefficient (Wildman–Crippen LogP) is 4.41. The molecule has 0 amide bonds. The molecule has 0 spiro atoms. The summed E-state index contributed by atoms with van der Waals surface area (Å²) in [6, 6.07) is 9.37. The Morgan fingerprint density at radius 2 is 1.54 bits per heavy atom. The van der Waals surface area contributed by atoms with Gasteiger partial charge in [-0.15, -0.1) is 0 Å². The molecular formula is C19H26O4S. The molecule has 4 nitrogen and oxygen atoms in total. The molecule has 0 bridgehead atoms. The lowest BCUT2D eigenvalue weighted by Gasteiger charge is -2.21. The van der Waals surface area contributed by atoms with E-state index in [1.165, 1.54) is 7.11 Å². The van der Waals surface area contributed by atoms with Gasteiger partial charge < -0.3 is 4.74 Å². The second kappa shape index (κ2) is 10.3. The summed E-state index contributed by atoms with van der Waals surface area (Å²) in [6.07, 6.45) is 4.09. The summed E-state index contributed by atoms with van der Waals surface area (Å²) in [4.78, 5) is 36.6. The van der Waals surface area contributed by atoms with E-state index in [0.717, 1.165) is 42.3 Å². The standard InChI is InChI=1S/C19H26O4S/c1-19(2,18(22)24-15-11-7-6-8-12-15)16(20)13-9-4-5-10-14-17(21)23-3/h6-8,11-12H,4-5,9-10,13-14H2,1-3H3. The molecule has 5 heteroatoms. The number of methoxy groups -OCH3 is 1. The Labute approximate surface area is 148 Å². The highest BCUT2D eigenvalue weighted by Crippen LogP contribution is 2.31. The first-order chi connectivity index (χ1) is 11.4. The van der Waals surface area contributed by atoms with Gasteiger partial charge in [-0.3, -0.25) is 14.4 Å². The average molecular weight is 350 g/mol. The van der Waals surface area contributed by atoms with Crippen molar-refractivity contribution in [2.24, 2.45) is 5.41 Å². The van der Waals surface area contributed by atoms with Crippen LogP contribution in [-0.4, -0.2) is 24.0 Å². The van der Waals surface area contributed by atoms with Gasteiger partial charge in [0.25, 0.3) is 0 Å². The fourth-order valence-corrected chi connectivity index (χ4v) is 3.04. The summed E-state index contributed by atoms with van der Waals surface area (Å²) in [7, 11) is 1.38. The van der Waals surface area contributed by atoms with Gasteiger partial charge in [0.15, 0.2) is 0 Å². The first-order valence-corrected chi connectivity index (χ1v) is 9.07. The van der Waals surface area contributed by atoms with Crippen molar-refractivity contribution in [3.63, 3.8) is 0 Å². The van der Waals surface area contributed by atoms with Gasteiger partial charge in [-0.2, -0.15) is 0 Å². The van der Waals surface area contributed by atoms with Crippen molar-refractivity contribution < 1.29 is 19.1 Å².